The van der Waals surface area contributed by atoms with Gasteiger partial charge < -0.3 is 23.9 Å². The van der Waals surface area contributed by atoms with Crippen molar-refractivity contribution < 1.29 is 33.4 Å². The van der Waals surface area contributed by atoms with E-state index in [1.807, 2.05) is 6.07 Å². The molecule has 1 fully saturated rings. The number of likely N-dealkylation sites (tertiary alicyclic amines) is 1. The molecule has 1 aliphatic rings. The number of nitrogens with zero attached hydrogens (tertiary/aromatic N) is 1. The molecule has 0 N–H and O–H groups in total. The van der Waals surface area contributed by atoms with Crippen molar-refractivity contribution in [3.63, 3.8) is 0 Å². The Morgan fingerprint density at radius 1 is 1.03 bits per heavy atom. The first-order chi connectivity index (χ1) is 17.0. The maximum atomic E-state index is 13.8. The molecule has 0 aliphatic carbocycles. The number of amides is 1. The van der Waals surface area contributed by atoms with E-state index in [1.165, 1.54) is 7.11 Å². The second-order valence-corrected chi connectivity index (χ2v) is 9.53. The van der Waals surface area contributed by atoms with Gasteiger partial charge in [0.2, 0.25) is 5.91 Å². The smallest absolute Gasteiger partial charge is 0.348 e. The van der Waals surface area contributed by atoms with Crippen molar-refractivity contribution in [2.24, 2.45) is 5.92 Å². The molecule has 0 spiro atoms. The summed E-state index contributed by atoms with van der Waals surface area (Å²) in [4.78, 5) is 53.6. The first-order valence-electron chi connectivity index (χ1n) is 11.6. The Bertz CT molecular complexity index is 1130. The molecule has 1 aliphatic heterocycles. The Morgan fingerprint density at radius 3 is 2.22 bits per heavy atom. The highest BCUT2D eigenvalue weighted by atomic mass is 16.6. The zero-order chi connectivity index (χ0) is 26.5. The van der Waals surface area contributed by atoms with Crippen LogP contribution in [0.1, 0.15) is 38.3 Å². The SMILES string of the molecule is C=C1C(CC=O)C(=O)N(Cc2ccc(OC)cc2)[C@@]1(C(=O)OCc1ccccc1)C(=O)OC(C)(C)C. The minimum absolute atomic E-state index is 0.0413. The molecule has 1 heterocycles. The van der Waals surface area contributed by atoms with E-state index in [9.17, 15) is 19.2 Å². The molecule has 3 rings (SSSR count). The fourth-order valence-electron chi connectivity index (χ4n) is 4.12. The Labute approximate surface area is 210 Å². The van der Waals surface area contributed by atoms with Crippen molar-refractivity contribution >= 4 is 24.1 Å². The number of aldehydes is 1. The van der Waals surface area contributed by atoms with Crippen LogP contribution >= 0.6 is 0 Å². The predicted molar refractivity (Wildman–Crippen MR) is 132 cm³/mol. The topological polar surface area (TPSA) is 99.2 Å². The third-order valence-corrected chi connectivity index (χ3v) is 5.89. The number of esters is 2. The van der Waals surface area contributed by atoms with Gasteiger partial charge in [-0.1, -0.05) is 49.0 Å². The number of methoxy groups -OCH3 is 1. The molecule has 1 unspecified atom stereocenters. The normalized spacial score (nSPS) is 19.7. The zero-order valence-corrected chi connectivity index (χ0v) is 21.0. The summed E-state index contributed by atoms with van der Waals surface area (Å²) in [5, 5.41) is 0. The van der Waals surface area contributed by atoms with E-state index in [4.69, 9.17) is 14.2 Å². The molecular formula is C28H31NO7. The molecule has 8 nitrogen and oxygen atoms in total. The van der Waals surface area contributed by atoms with Crippen LogP contribution in [0, 0.1) is 5.92 Å². The quantitative estimate of drug-likeness (QED) is 0.228. The van der Waals surface area contributed by atoms with Crippen molar-refractivity contribution in [1.29, 1.82) is 0 Å². The van der Waals surface area contributed by atoms with Crippen LogP contribution in [0.4, 0.5) is 0 Å². The van der Waals surface area contributed by atoms with Crippen molar-refractivity contribution in [1.82, 2.24) is 4.90 Å². The minimum atomic E-state index is -2.26. The van der Waals surface area contributed by atoms with Crippen LogP contribution in [0.3, 0.4) is 0 Å². The van der Waals surface area contributed by atoms with E-state index in [0.717, 1.165) is 4.90 Å². The van der Waals surface area contributed by atoms with Gasteiger partial charge >= 0.3 is 11.9 Å². The lowest BCUT2D eigenvalue weighted by atomic mass is 9.85. The Hall–Kier alpha value is -3.94. The molecule has 190 valence electrons. The Balaban J connectivity index is 2.09. The molecule has 8 heteroatoms. The molecule has 0 radical (unpaired) electrons. The summed E-state index contributed by atoms with van der Waals surface area (Å²) in [5.74, 6) is -3.01. The molecule has 0 saturated carbocycles. The van der Waals surface area contributed by atoms with Gasteiger partial charge in [0.05, 0.1) is 13.0 Å². The van der Waals surface area contributed by atoms with E-state index < -0.39 is 34.9 Å². The third kappa shape index (κ3) is 5.32. The van der Waals surface area contributed by atoms with Crippen molar-refractivity contribution in [3.8, 4) is 5.75 Å². The summed E-state index contributed by atoms with van der Waals surface area (Å²) < 4.78 is 16.4. The fourth-order valence-corrected chi connectivity index (χ4v) is 4.12. The Kier molecular flexibility index (Phi) is 7.97. The lowest BCUT2D eigenvalue weighted by Gasteiger charge is -2.36. The lowest BCUT2D eigenvalue weighted by Crippen LogP contribution is -2.60. The van der Waals surface area contributed by atoms with Gasteiger partial charge in [0, 0.05) is 13.0 Å². The van der Waals surface area contributed by atoms with E-state index in [-0.39, 0.29) is 25.1 Å². The largest absolute Gasteiger partial charge is 0.497 e. The molecule has 36 heavy (non-hydrogen) atoms. The predicted octanol–water partition coefficient (Wildman–Crippen LogP) is 3.62. The number of rotatable bonds is 9. The van der Waals surface area contributed by atoms with Crippen LogP contribution in [0.25, 0.3) is 0 Å². The first-order valence-corrected chi connectivity index (χ1v) is 11.6. The van der Waals surface area contributed by atoms with Gasteiger partial charge in [-0.3, -0.25) is 4.79 Å². The van der Waals surface area contributed by atoms with Gasteiger partial charge in [0.1, 0.15) is 24.2 Å². The van der Waals surface area contributed by atoms with Crippen LogP contribution in [0.15, 0.2) is 66.7 Å². The lowest BCUT2D eigenvalue weighted by molar-refractivity contribution is -0.180. The van der Waals surface area contributed by atoms with Gasteiger partial charge in [0.25, 0.3) is 5.54 Å². The zero-order valence-electron chi connectivity index (χ0n) is 21.0. The van der Waals surface area contributed by atoms with Crippen LogP contribution in [0.2, 0.25) is 0 Å². The van der Waals surface area contributed by atoms with E-state index in [1.54, 1.807) is 69.3 Å². The van der Waals surface area contributed by atoms with Gasteiger partial charge in [0.15, 0.2) is 0 Å². The fraction of sp³-hybridized carbons (Fsp3) is 0.357. The maximum absolute atomic E-state index is 13.8. The molecule has 2 aromatic carbocycles. The molecule has 0 bridgehead atoms. The summed E-state index contributed by atoms with van der Waals surface area (Å²) in [6.45, 7) is 8.69. The van der Waals surface area contributed by atoms with Crippen molar-refractivity contribution in [3.05, 3.63) is 77.9 Å². The van der Waals surface area contributed by atoms with Crippen LogP contribution in [0.5, 0.6) is 5.75 Å². The van der Waals surface area contributed by atoms with Crippen LogP contribution in [-0.2, 0) is 41.8 Å². The highest BCUT2D eigenvalue weighted by Crippen LogP contribution is 2.43. The van der Waals surface area contributed by atoms with Gasteiger partial charge in [-0.05, 0) is 49.6 Å². The van der Waals surface area contributed by atoms with Crippen LogP contribution < -0.4 is 4.74 Å². The molecule has 2 atom stereocenters. The van der Waals surface area contributed by atoms with E-state index in [2.05, 4.69) is 6.58 Å². The summed E-state index contributed by atoms with van der Waals surface area (Å²) in [6, 6.07) is 15.8. The van der Waals surface area contributed by atoms with Crippen LogP contribution in [-0.4, -0.2) is 47.3 Å². The first kappa shape index (κ1) is 26.7. The van der Waals surface area contributed by atoms with E-state index >= 15 is 0 Å². The number of carbonyl (C=O) groups excluding carboxylic acids is 4. The van der Waals surface area contributed by atoms with Crippen molar-refractivity contribution in [2.75, 3.05) is 7.11 Å². The number of carbonyl (C=O) groups is 4. The molecular weight excluding hydrogens is 462 g/mol. The number of benzene rings is 2. The number of hydrogen-bond donors (Lipinski definition) is 0. The highest BCUT2D eigenvalue weighted by Gasteiger charge is 2.66. The van der Waals surface area contributed by atoms with Gasteiger partial charge in [-0.15, -0.1) is 0 Å². The summed E-state index contributed by atoms with van der Waals surface area (Å²) >= 11 is 0. The monoisotopic (exact) mass is 493 g/mol. The average Bonchev–Trinajstić information content (AvgIpc) is 3.05. The number of hydrogen-bond acceptors (Lipinski definition) is 7. The molecule has 0 aromatic heterocycles. The number of ether oxygens (including phenoxy) is 3. The molecule has 1 saturated heterocycles. The summed E-state index contributed by atoms with van der Waals surface area (Å²) in [6.07, 6.45) is 0.340. The second kappa shape index (κ2) is 10.8. The Morgan fingerprint density at radius 2 is 1.67 bits per heavy atom. The van der Waals surface area contributed by atoms with Crippen molar-refractivity contribution in [2.45, 2.75) is 51.5 Å². The van der Waals surface area contributed by atoms with Gasteiger partial charge in [-0.2, -0.15) is 0 Å². The maximum Gasteiger partial charge on any atom is 0.348 e. The molecule has 2 aromatic rings. The highest BCUT2D eigenvalue weighted by molar-refractivity contribution is 6.15. The van der Waals surface area contributed by atoms with E-state index in [0.29, 0.717) is 23.2 Å². The summed E-state index contributed by atoms with van der Waals surface area (Å²) in [5.41, 5.74) is -1.94. The van der Waals surface area contributed by atoms with Gasteiger partial charge in [-0.25, -0.2) is 9.59 Å². The third-order valence-electron chi connectivity index (χ3n) is 5.89. The average molecular weight is 494 g/mol. The minimum Gasteiger partial charge on any atom is -0.497 e. The molecule has 1 amide bonds. The standard InChI is InChI=1S/C28H31NO7/c1-19-23(15-16-30)24(31)29(17-20-11-13-22(34-5)14-12-20)28(19,26(33)36-27(2,3)4)25(32)35-18-21-9-7-6-8-10-21/h6-14,16,23H,1,15,17-18H2,2-5H3/t23?,28-/m0/s1. The summed E-state index contributed by atoms with van der Waals surface area (Å²) in [7, 11) is 1.53. The second-order valence-electron chi connectivity index (χ2n) is 9.53.